The summed E-state index contributed by atoms with van der Waals surface area (Å²) in [6, 6.07) is 2.16. The van der Waals surface area contributed by atoms with E-state index in [0.717, 1.165) is 30.1 Å². The van der Waals surface area contributed by atoms with Crippen molar-refractivity contribution < 1.29 is 28.2 Å². The monoisotopic (exact) mass is 343 g/mol. The van der Waals surface area contributed by atoms with Crippen LogP contribution in [0.15, 0.2) is 22.3 Å². The van der Waals surface area contributed by atoms with Gasteiger partial charge in [0.25, 0.3) is 0 Å². The molecule has 122 valence electrons. The van der Waals surface area contributed by atoms with Crippen molar-refractivity contribution >= 4 is 35.0 Å². The lowest BCUT2D eigenvalue weighted by Gasteiger charge is -2.04. The number of rotatable bonds is 5. The van der Waals surface area contributed by atoms with E-state index in [1.54, 1.807) is 0 Å². The Balaban J connectivity index is 2.13. The lowest BCUT2D eigenvalue weighted by atomic mass is 10.2. The van der Waals surface area contributed by atoms with Gasteiger partial charge in [0.15, 0.2) is 16.7 Å². The number of aliphatic carboxylic acids is 1. The minimum atomic E-state index is -1.12. The van der Waals surface area contributed by atoms with Crippen LogP contribution in [0.3, 0.4) is 0 Å². The Morgan fingerprint density at radius 2 is 2.26 bits per heavy atom. The maximum Gasteiger partial charge on any atom is 0.305 e. The van der Waals surface area contributed by atoms with Crippen LogP contribution in [0, 0.1) is 11.6 Å². The van der Waals surface area contributed by atoms with Crippen molar-refractivity contribution in [3.8, 4) is 5.75 Å². The number of carbonyl (C=O) groups is 2. The molecule has 0 bridgehead atoms. The smallest absolute Gasteiger partial charge is 0.305 e. The number of benzene rings is 1. The van der Waals surface area contributed by atoms with E-state index in [-0.39, 0.29) is 17.3 Å². The molecule has 1 heterocycles. The van der Waals surface area contributed by atoms with Crippen molar-refractivity contribution in [2.45, 2.75) is 11.7 Å². The number of carboxylic acid groups (broad SMARTS) is 1. The highest BCUT2D eigenvalue weighted by Crippen LogP contribution is 2.23. The summed E-state index contributed by atoms with van der Waals surface area (Å²) in [6.07, 6.45) is 0.482. The molecule has 10 heteroatoms. The van der Waals surface area contributed by atoms with Gasteiger partial charge in [-0.05, 0) is 12.1 Å². The van der Waals surface area contributed by atoms with Crippen LogP contribution in [0.4, 0.5) is 8.78 Å². The summed E-state index contributed by atoms with van der Waals surface area (Å²) in [5.41, 5.74) is -0.440. The van der Waals surface area contributed by atoms with Gasteiger partial charge in [-0.15, -0.1) is 5.10 Å². The zero-order valence-electron chi connectivity index (χ0n) is 11.7. The Kier molecular flexibility index (Phi) is 5.27. The van der Waals surface area contributed by atoms with Gasteiger partial charge in [0.2, 0.25) is 5.91 Å². The van der Waals surface area contributed by atoms with Gasteiger partial charge in [0, 0.05) is 0 Å². The van der Waals surface area contributed by atoms with Gasteiger partial charge in [-0.1, -0.05) is 11.8 Å². The Bertz CT molecular complexity index is 709. The van der Waals surface area contributed by atoms with Gasteiger partial charge in [0.1, 0.15) is 11.1 Å². The molecule has 1 atom stereocenters. The highest BCUT2D eigenvalue weighted by atomic mass is 32.2. The minimum absolute atomic E-state index is 0.0567. The van der Waals surface area contributed by atoms with Crippen LogP contribution < -0.4 is 10.1 Å². The number of nitrogens with one attached hydrogen (secondary N) is 1. The maximum atomic E-state index is 13.9. The molecule has 0 aliphatic carbocycles. The highest BCUT2D eigenvalue weighted by Gasteiger charge is 2.32. The molecule has 23 heavy (non-hydrogen) atoms. The summed E-state index contributed by atoms with van der Waals surface area (Å²) in [7, 11) is 1.24. The average Bonchev–Trinajstić information content (AvgIpc) is 2.82. The number of carboxylic acids is 1. The SMILES string of the molecule is COc1ccc(F)c(C=NN=C2NC(=O)C(CC(=O)O)S2)c1F. The predicted molar refractivity (Wildman–Crippen MR) is 79.7 cm³/mol. The van der Waals surface area contributed by atoms with Crippen LogP contribution in [0.5, 0.6) is 5.75 Å². The lowest BCUT2D eigenvalue weighted by Crippen LogP contribution is -2.26. The van der Waals surface area contributed by atoms with Crippen LogP contribution in [-0.2, 0) is 9.59 Å². The van der Waals surface area contributed by atoms with E-state index < -0.39 is 34.3 Å². The third-order valence-corrected chi connectivity index (χ3v) is 3.86. The summed E-state index contributed by atoms with van der Waals surface area (Å²) in [6.45, 7) is 0. The van der Waals surface area contributed by atoms with E-state index in [4.69, 9.17) is 9.84 Å². The number of methoxy groups -OCH3 is 1. The van der Waals surface area contributed by atoms with Crippen molar-refractivity contribution in [1.29, 1.82) is 0 Å². The summed E-state index contributed by atoms with van der Waals surface area (Å²) in [5.74, 6) is -3.55. The van der Waals surface area contributed by atoms with E-state index in [9.17, 15) is 18.4 Å². The van der Waals surface area contributed by atoms with Gasteiger partial charge >= 0.3 is 5.97 Å². The van der Waals surface area contributed by atoms with Crippen LogP contribution in [0.2, 0.25) is 0 Å². The molecule has 1 aromatic rings. The van der Waals surface area contributed by atoms with Gasteiger partial charge in [-0.2, -0.15) is 5.10 Å². The third kappa shape index (κ3) is 4.03. The molecule has 1 aliphatic rings. The fourth-order valence-corrected chi connectivity index (χ4v) is 2.62. The number of ether oxygens (including phenoxy) is 1. The van der Waals surface area contributed by atoms with Crippen molar-refractivity contribution in [3.05, 3.63) is 29.3 Å². The molecule has 1 amide bonds. The van der Waals surface area contributed by atoms with Crippen molar-refractivity contribution in [3.63, 3.8) is 0 Å². The van der Waals surface area contributed by atoms with Crippen LogP contribution >= 0.6 is 11.8 Å². The van der Waals surface area contributed by atoms with E-state index in [0.29, 0.717) is 0 Å². The Morgan fingerprint density at radius 1 is 1.52 bits per heavy atom. The number of amides is 1. The third-order valence-electron chi connectivity index (χ3n) is 2.78. The minimum Gasteiger partial charge on any atom is -0.494 e. The molecule has 0 radical (unpaired) electrons. The second-order valence-electron chi connectivity index (χ2n) is 4.32. The zero-order chi connectivity index (χ0) is 17.0. The number of thioether (sulfide) groups is 1. The highest BCUT2D eigenvalue weighted by molar-refractivity contribution is 8.15. The molecule has 0 saturated carbocycles. The van der Waals surface area contributed by atoms with Gasteiger partial charge < -0.3 is 15.2 Å². The van der Waals surface area contributed by atoms with Crippen LogP contribution in [-0.4, -0.2) is 40.7 Å². The van der Waals surface area contributed by atoms with Gasteiger partial charge in [-0.3, -0.25) is 9.59 Å². The molecule has 7 nitrogen and oxygen atoms in total. The normalized spacial score (nSPS) is 19.3. The molecule has 0 spiro atoms. The summed E-state index contributed by atoms with van der Waals surface area (Å²) < 4.78 is 32.1. The Labute approximate surface area is 133 Å². The van der Waals surface area contributed by atoms with Crippen molar-refractivity contribution in [1.82, 2.24) is 5.32 Å². The summed E-state index contributed by atoms with van der Waals surface area (Å²) >= 11 is 0.881. The molecule has 1 fully saturated rings. The number of nitrogens with zero attached hydrogens (tertiary/aromatic N) is 2. The second kappa shape index (κ2) is 7.18. The van der Waals surface area contributed by atoms with E-state index in [1.165, 1.54) is 7.11 Å². The summed E-state index contributed by atoms with van der Waals surface area (Å²) in [4.78, 5) is 22.1. The van der Waals surface area contributed by atoms with Crippen LogP contribution in [0.1, 0.15) is 12.0 Å². The number of carbonyl (C=O) groups excluding carboxylic acids is 1. The predicted octanol–water partition coefficient (Wildman–Crippen LogP) is 1.37. The van der Waals surface area contributed by atoms with Gasteiger partial charge in [0.05, 0.1) is 25.3 Å². The second-order valence-corrected chi connectivity index (χ2v) is 5.51. The number of amidine groups is 1. The average molecular weight is 343 g/mol. The van der Waals surface area contributed by atoms with E-state index in [1.807, 2.05) is 0 Å². The molecule has 1 saturated heterocycles. The standard InChI is InChI=1S/C13H11F2N3O4S/c1-22-8-3-2-7(14)6(11(8)15)5-16-18-13-17-12(21)9(23-13)4-10(19)20/h2-3,5,9H,4H2,1H3,(H,19,20)(H,17,18,21). The maximum absolute atomic E-state index is 13.9. The van der Waals surface area contributed by atoms with Crippen LogP contribution in [0.25, 0.3) is 0 Å². The number of hydrogen-bond acceptors (Lipinski definition) is 6. The van der Waals surface area contributed by atoms with E-state index in [2.05, 4.69) is 15.5 Å². The molecular weight excluding hydrogens is 332 g/mol. The number of hydrogen-bond donors (Lipinski definition) is 2. The number of halogens is 2. The molecule has 2 rings (SSSR count). The quantitative estimate of drug-likeness (QED) is 0.621. The van der Waals surface area contributed by atoms with E-state index >= 15 is 0 Å². The molecule has 0 aromatic heterocycles. The molecule has 1 unspecified atom stereocenters. The van der Waals surface area contributed by atoms with Gasteiger partial charge in [-0.25, -0.2) is 8.78 Å². The van der Waals surface area contributed by atoms with Crippen molar-refractivity contribution in [2.24, 2.45) is 10.2 Å². The molecule has 1 aliphatic heterocycles. The fourth-order valence-electron chi connectivity index (χ4n) is 1.71. The molecule has 1 aromatic carbocycles. The largest absolute Gasteiger partial charge is 0.494 e. The fraction of sp³-hybridized carbons (Fsp3) is 0.231. The van der Waals surface area contributed by atoms with Crippen molar-refractivity contribution in [2.75, 3.05) is 7.11 Å². The first-order valence-electron chi connectivity index (χ1n) is 6.24. The Morgan fingerprint density at radius 3 is 2.91 bits per heavy atom. The zero-order valence-corrected chi connectivity index (χ0v) is 12.6. The Hall–Kier alpha value is -2.49. The summed E-state index contributed by atoms with van der Waals surface area (Å²) in [5, 5.41) is 17.4. The lowest BCUT2D eigenvalue weighted by molar-refractivity contribution is -0.138. The first kappa shape index (κ1) is 16.9. The topological polar surface area (TPSA) is 100 Å². The molecular formula is C13H11F2N3O4S. The first-order chi connectivity index (χ1) is 10.9. The first-order valence-corrected chi connectivity index (χ1v) is 7.12. The molecule has 2 N–H and O–H groups in total.